The summed E-state index contributed by atoms with van der Waals surface area (Å²) in [6.45, 7) is 0.395. The second-order valence-corrected chi connectivity index (χ2v) is 11.9. The molecule has 0 saturated heterocycles. The van der Waals surface area contributed by atoms with E-state index in [1.165, 1.54) is 11.8 Å². The number of fused-ring (bicyclic) bond motifs is 3. The molecule has 0 saturated carbocycles. The number of sulfone groups is 1. The predicted molar refractivity (Wildman–Crippen MR) is 113 cm³/mol. The zero-order valence-electron chi connectivity index (χ0n) is 16.1. The van der Waals surface area contributed by atoms with Gasteiger partial charge in [-0.15, -0.1) is 0 Å². The van der Waals surface area contributed by atoms with Crippen LogP contribution in [-0.4, -0.2) is 33.2 Å². The molecule has 2 heterocycles. The number of hydrogen-bond donors (Lipinski definition) is 0. The van der Waals surface area contributed by atoms with Crippen molar-refractivity contribution in [3.8, 4) is 5.75 Å². The van der Waals surface area contributed by atoms with Crippen molar-refractivity contribution in [3.05, 3.63) is 53.5 Å². The van der Waals surface area contributed by atoms with E-state index in [2.05, 4.69) is 10.6 Å². The highest BCUT2D eigenvalue weighted by atomic mass is 35.5. The lowest BCUT2D eigenvalue weighted by atomic mass is 10.2. The summed E-state index contributed by atoms with van der Waals surface area (Å²) in [4.78, 5) is 0.936. The van der Waals surface area contributed by atoms with Crippen LogP contribution in [0.25, 0.3) is 10.9 Å². The number of rotatable bonds is 5. The number of aryl methyl sites for hydroxylation is 1. The van der Waals surface area contributed by atoms with Gasteiger partial charge in [-0.25, -0.2) is 8.42 Å². The van der Waals surface area contributed by atoms with E-state index in [0.29, 0.717) is 28.6 Å². The van der Waals surface area contributed by atoms with Crippen molar-refractivity contribution in [2.75, 3.05) is 6.26 Å². The Morgan fingerprint density at radius 2 is 1.78 bits per heavy atom. The van der Waals surface area contributed by atoms with Gasteiger partial charge in [0.2, 0.25) is 0 Å². The van der Waals surface area contributed by atoms with Gasteiger partial charge in [0.1, 0.15) is 5.75 Å². The molecule has 32 heavy (non-hydrogen) atoms. The number of alkyl halides is 3. The van der Waals surface area contributed by atoms with Gasteiger partial charge in [-0.1, -0.05) is 23.4 Å². The van der Waals surface area contributed by atoms with Crippen molar-refractivity contribution >= 4 is 54.2 Å². The molecule has 3 aromatic rings. The average molecular weight is 524 g/mol. The quantitative estimate of drug-likeness (QED) is 0.349. The van der Waals surface area contributed by atoms with Gasteiger partial charge in [-0.3, -0.25) is 0 Å². The standard InChI is InChI=1S/C19H13ClF3NO5S3/c1-31(25,26)16-10-12(29-32(27,28)19(21,22)23)9-15-17(16)18(14-3-2-8-24(14)15)30-13-6-4-11(20)5-7-13/h4-7,9-10H,2,8H2,1H3. The highest BCUT2D eigenvalue weighted by Gasteiger charge is 2.48. The van der Waals surface area contributed by atoms with E-state index in [9.17, 15) is 30.0 Å². The molecule has 1 aliphatic rings. The van der Waals surface area contributed by atoms with Crippen LogP contribution < -0.4 is 4.18 Å². The number of halogens is 4. The van der Waals surface area contributed by atoms with E-state index in [-0.39, 0.29) is 15.8 Å². The first-order chi connectivity index (χ1) is 14.8. The van der Waals surface area contributed by atoms with Crippen LogP contribution in [0.15, 0.2) is 51.1 Å². The Labute approximate surface area is 191 Å². The summed E-state index contributed by atoms with van der Waals surface area (Å²) in [5, 5.41) is 0.773. The van der Waals surface area contributed by atoms with Crippen LogP contribution in [0.1, 0.15) is 12.1 Å². The van der Waals surface area contributed by atoms with E-state index < -0.39 is 31.2 Å². The van der Waals surface area contributed by atoms with Crippen molar-refractivity contribution in [1.82, 2.24) is 4.57 Å². The molecule has 1 aliphatic heterocycles. The molecule has 13 heteroatoms. The zero-order valence-corrected chi connectivity index (χ0v) is 19.3. The first kappa shape index (κ1) is 23.3. The fraction of sp³-hybridized carbons (Fsp3) is 0.211. The minimum atomic E-state index is -5.98. The third kappa shape index (κ3) is 4.20. The summed E-state index contributed by atoms with van der Waals surface area (Å²) in [6.07, 6.45) is 4.53. The van der Waals surface area contributed by atoms with Crippen LogP contribution in [0.5, 0.6) is 5.75 Å². The van der Waals surface area contributed by atoms with E-state index in [1.54, 1.807) is 28.8 Å². The monoisotopic (exact) mass is 523 g/mol. The van der Waals surface area contributed by atoms with E-state index >= 15 is 0 Å². The second kappa shape index (κ2) is 7.86. The molecule has 0 unspecified atom stereocenters. The van der Waals surface area contributed by atoms with Crippen molar-refractivity contribution in [2.45, 2.75) is 33.2 Å². The zero-order chi connectivity index (χ0) is 23.5. The molecule has 0 fully saturated rings. The number of hydrogen-bond acceptors (Lipinski definition) is 6. The Morgan fingerprint density at radius 3 is 2.38 bits per heavy atom. The molecule has 0 aliphatic carbocycles. The molecule has 0 N–H and O–H groups in total. The highest BCUT2D eigenvalue weighted by molar-refractivity contribution is 7.99. The molecule has 6 nitrogen and oxygen atoms in total. The molecule has 4 rings (SSSR count). The maximum atomic E-state index is 12.8. The lowest BCUT2D eigenvalue weighted by Crippen LogP contribution is -2.28. The molecule has 170 valence electrons. The van der Waals surface area contributed by atoms with Gasteiger partial charge >= 0.3 is 15.6 Å². The number of aromatic nitrogens is 1. The van der Waals surface area contributed by atoms with Crippen LogP contribution in [0, 0.1) is 6.42 Å². The molecule has 0 bridgehead atoms. The fourth-order valence-electron chi connectivity index (χ4n) is 3.31. The summed E-state index contributed by atoms with van der Waals surface area (Å²) in [5.74, 6) is -0.745. The Morgan fingerprint density at radius 1 is 1.12 bits per heavy atom. The third-order valence-corrected chi connectivity index (χ3v) is 8.07. The Bertz CT molecular complexity index is 1430. The van der Waals surface area contributed by atoms with Crippen molar-refractivity contribution < 1.29 is 34.2 Å². The number of nitrogens with zero attached hydrogens (tertiary/aromatic N) is 1. The summed E-state index contributed by atoms with van der Waals surface area (Å²) >= 11 is 7.17. The first-order valence-corrected chi connectivity index (χ1v) is 13.4. The predicted octanol–water partition coefficient (Wildman–Crippen LogP) is 4.91. The Balaban J connectivity index is 1.96. The van der Waals surface area contributed by atoms with Crippen LogP contribution >= 0.6 is 23.4 Å². The molecule has 0 amide bonds. The molecule has 1 aromatic heterocycles. The minimum absolute atomic E-state index is 0.233. The van der Waals surface area contributed by atoms with Crippen LogP contribution in [0.3, 0.4) is 0 Å². The van der Waals surface area contributed by atoms with E-state index in [0.717, 1.165) is 23.3 Å². The maximum Gasteiger partial charge on any atom is 0.534 e. The van der Waals surface area contributed by atoms with Gasteiger partial charge in [0.05, 0.1) is 10.4 Å². The molecule has 2 radical (unpaired) electrons. The lowest BCUT2D eigenvalue weighted by Gasteiger charge is -2.12. The second-order valence-electron chi connectivity index (χ2n) is 6.88. The normalized spacial score (nSPS) is 14.7. The summed E-state index contributed by atoms with van der Waals surface area (Å²) < 4.78 is 92.4. The van der Waals surface area contributed by atoms with Gasteiger partial charge in [0, 0.05) is 57.2 Å². The van der Waals surface area contributed by atoms with Gasteiger partial charge in [-0.05, 0) is 30.7 Å². The Hall–Kier alpha value is -1.89. The van der Waals surface area contributed by atoms with Crippen LogP contribution in [0.2, 0.25) is 5.02 Å². The highest BCUT2D eigenvalue weighted by Crippen LogP contribution is 2.46. The van der Waals surface area contributed by atoms with Crippen LogP contribution in [-0.2, 0) is 26.5 Å². The van der Waals surface area contributed by atoms with E-state index in [4.69, 9.17) is 11.6 Å². The average Bonchev–Trinajstić information content (AvgIpc) is 3.24. The van der Waals surface area contributed by atoms with Crippen molar-refractivity contribution in [3.63, 3.8) is 0 Å². The smallest absolute Gasteiger partial charge is 0.376 e. The molecule has 0 atom stereocenters. The number of benzene rings is 2. The van der Waals surface area contributed by atoms with Gasteiger partial charge < -0.3 is 8.75 Å². The molecular weight excluding hydrogens is 511 g/mol. The van der Waals surface area contributed by atoms with Crippen molar-refractivity contribution in [2.24, 2.45) is 0 Å². The molecular formula is C19H13ClF3NO5S3. The third-order valence-electron chi connectivity index (χ3n) is 4.61. The summed E-state index contributed by atoms with van der Waals surface area (Å²) in [7, 11) is -9.96. The largest absolute Gasteiger partial charge is 0.534 e. The van der Waals surface area contributed by atoms with E-state index in [1.807, 2.05) is 0 Å². The SMILES string of the molecule is CS(=O)(=O)c1cc(OS(=O)(=O)C(F)(F)F)cc2c1c(Sc1ccc(Cl)cc1)c1n2CC[C]1. The van der Waals surface area contributed by atoms with Gasteiger partial charge in [0.25, 0.3) is 0 Å². The maximum absolute atomic E-state index is 12.8. The van der Waals surface area contributed by atoms with Crippen molar-refractivity contribution in [1.29, 1.82) is 0 Å². The Kier molecular flexibility index (Phi) is 5.71. The molecule has 2 aromatic carbocycles. The molecule has 0 spiro atoms. The summed E-state index contributed by atoms with van der Waals surface area (Å²) in [5.41, 5.74) is -4.86. The minimum Gasteiger partial charge on any atom is -0.376 e. The lowest BCUT2D eigenvalue weighted by molar-refractivity contribution is -0.0500. The summed E-state index contributed by atoms with van der Waals surface area (Å²) in [6, 6.07) is 8.71. The topological polar surface area (TPSA) is 82.4 Å². The first-order valence-electron chi connectivity index (χ1n) is 8.86. The van der Waals surface area contributed by atoms with Gasteiger partial charge in [-0.2, -0.15) is 21.6 Å². The van der Waals surface area contributed by atoms with Gasteiger partial charge in [0.15, 0.2) is 9.84 Å². The fourth-order valence-corrected chi connectivity index (χ4v) is 5.95. The van der Waals surface area contributed by atoms with Crippen LogP contribution in [0.4, 0.5) is 13.2 Å².